The van der Waals surface area contributed by atoms with Gasteiger partial charge in [0.25, 0.3) is 5.91 Å². The van der Waals surface area contributed by atoms with Gasteiger partial charge in [-0.15, -0.1) is 0 Å². The Labute approximate surface area is 205 Å². The Balaban J connectivity index is 1.58. The first kappa shape index (κ1) is 25.3. The molecule has 9 nitrogen and oxygen atoms in total. The van der Waals surface area contributed by atoms with Crippen molar-refractivity contribution in [3.05, 3.63) is 63.5 Å². The Bertz CT molecular complexity index is 1070. The number of carboxylic acids is 1. The first-order valence-corrected chi connectivity index (χ1v) is 11.3. The van der Waals surface area contributed by atoms with Gasteiger partial charge in [0.1, 0.15) is 11.8 Å². The summed E-state index contributed by atoms with van der Waals surface area (Å²) < 4.78 is 5.10. The molecule has 1 fully saturated rings. The quantitative estimate of drug-likeness (QED) is 0.364. The van der Waals surface area contributed by atoms with E-state index in [0.717, 1.165) is 19.3 Å². The molecule has 4 N–H and O–H groups in total. The van der Waals surface area contributed by atoms with Crippen molar-refractivity contribution in [1.29, 1.82) is 0 Å². The van der Waals surface area contributed by atoms with E-state index in [0.29, 0.717) is 11.3 Å². The van der Waals surface area contributed by atoms with Crippen LogP contribution in [0.2, 0.25) is 10.0 Å². The van der Waals surface area contributed by atoms with Crippen LogP contribution in [-0.4, -0.2) is 41.4 Å². The third-order valence-corrected chi connectivity index (χ3v) is 5.89. The third-order valence-electron chi connectivity index (χ3n) is 5.30. The highest BCUT2D eigenvalue weighted by molar-refractivity contribution is 6.39. The van der Waals surface area contributed by atoms with Gasteiger partial charge >= 0.3 is 5.97 Å². The second kappa shape index (κ2) is 11.7. The summed E-state index contributed by atoms with van der Waals surface area (Å²) >= 11 is 12.5. The van der Waals surface area contributed by atoms with Crippen molar-refractivity contribution in [2.75, 3.05) is 6.54 Å². The van der Waals surface area contributed by atoms with Crippen LogP contribution in [0.3, 0.4) is 0 Å². The minimum absolute atomic E-state index is 0.0111. The fourth-order valence-corrected chi connectivity index (χ4v) is 3.89. The first-order chi connectivity index (χ1) is 16.2. The van der Waals surface area contributed by atoms with Gasteiger partial charge in [-0.25, -0.2) is 4.79 Å². The van der Waals surface area contributed by atoms with Crippen LogP contribution in [-0.2, 0) is 20.9 Å². The van der Waals surface area contributed by atoms with E-state index in [9.17, 15) is 24.3 Å². The maximum absolute atomic E-state index is 12.7. The minimum Gasteiger partial charge on any atom is -0.480 e. The molecule has 0 bridgehead atoms. The van der Waals surface area contributed by atoms with E-state index in [-0.39, 0.29) is 46.4 Å². The second-order valence-electron chi connectivity index (χ2n) is 7.74. The number of rotatable bonds is 10. The lowest BCUT2D eigenvalue weighted by Crippen LogP contribution is -2.49. The summed E-state index contributed by atoms with van der Waals surface area (Å²) in [7, 11) is 0. The molecule has 1 heterocycles. The van der Waals surface area contributed by atoms with Gasteiger partial charge in [-0.2, -0.15) is 0 Å². The number of hydrogen-bond donors (Lipinski definition) is 4. The predicted molar refractivity (Wildman–Crippen MR) is 125 cm³/mol. The Morgan fingerprint density at radius 1 is 1.15 bits per heavy atom. The monoisotopic (exact) mass is 507 g/mol. The number of furan rings is 1. The van der Waals surface area contributed by atoms with E-state index in [4.69, 9.17) is 27.6 Å². The zero-order chi connectivity index (χ0) is 24.7. The van der Waals surface area contributed by atoms with Crippen LogP contribution < -0.4 is 16.0 Å². The maximum atomic E-state index is 12.7. The largest absolute Gasteiger partial charge is 0.480 e. The molecule has 3 rings (SSSR count). The molecule has 1 aliphatic carbocycles. The van der Waals surface area contributed by atoms with Gasteiger partial charge in [0, 0.05) is 25.1 Å². The fourth-order valence-electron chi connectivity index (χ4n) is 3.18. The number of halogens is 2. The molecule has 0 radical (unpaired) electrons. The molecular weight excluding hydrogens is 485 g/mol. The summed E-state index contributed by atoms with van der Waals surface area (Å²) in [5, 5.41) is 16.9. The Morgan fingerprint density at radius 3 is 2.41 bits per heavy atom. The molecule has 0 spiro atoms. The summed E-state index contributed by atoms with van der Waals surface area (Å²) in [6.45, 7) is -0.172. The zero-order valence-electron chi connectivity index (χ0n) is 18.0. The smallest absolute Gasteiger partial charge is 0.328 e. The van der Waals surface area contributed by atoms with Crippen molar-refractivity contribution in [3.8, 4) is 0 Å². The van der Waals surface area contributed by atoms with Crippen LogP contribution >= 0.6 is 23.2 Å². The molecule has 1 atom stereocenters. The lowest BCUT2D eigenvalue weighted by molar-refractivity contribution is -0.139. The average Bonchev–Trinajstić information content (AvgIpc) is 3.25. The van der Waals surface area contributed by atoms with Crippen LogP contribution in [0, 0.1) is 5.92 Å². The fraction of sp³-hybridized carbons (Fsp3) is 0.304. The number of carbonyl (C=O) groups is 4. The molecule has 2 aromatic rings. The van der Waals surface area contributed by atoms with Crippen LogP contribution in [0.4, 0.5) is 0 Å². The molecule has 180 valence electrons. The Kier molecular flexibility index (Phi) is 8.72. The van der Waals surface area contributed by atoms with Crippen LogP contribution in [0.25, 0.3) is 6.08 Å². The van der Waals surface area contributed by atoms with Gasteiger partial charge in [0.2, 0.25) is 11.8 Å². The van der Waals surface area contributed by atoms with Gasteiger partial charge in [-0.3, -0.25) is 14.4 Å². The van der Waals surface area contributed by atoms with E-state index >= 15 is 0 Å². The lowest BCUT2D eigenvalue weighted by Gasteiger charge is -2.25. The van der Waals surface area contributed by atoms with Crippen LogP contribution in [0.15, 0.2) is 41.0 Å². The van der Waals surface area contributed by atoms with Crippen molar-refractivity contribution in [2.45, 2.75) is 31.8 Å². The number of hydrogen-bond acceptors (Lipinski definition) is 5. The number of aliphatic carboxylic acids is 1. The van der Waals surface area contributed by atoms with Crippen LogP contribution in [0.1, 0.15) is 40.9 Å². The van der Waals surface area contributed by atoms with Crippen molar-refractivity contribution < 1.29 is 28.7 Å². The Morgan fingerprint density at radius 2 is 1.85 bits per heavy atom. The summed E-state index contributed by atoms with van der Waals surface area (Å²) in [5.74, 6) is -2.29. The molecule has 1 aromatic carbocycles. The second-order valence-corrected chi connectivity index (χ2v) is 8.55. The van der Waals surface area contributed by atoms with Gasteiger partial charge in [-0.05, 0) is 48.7 Å². The minimum atomic E-state index is -1.36. The van der Waals surface area contributed by atoms with E-state index < -0.39 is 17.9 Å². The molecule has 1 saturated carbocycles. The molecule has 1 aromatic heterocycles. The Hall–Kier alpha value is -3.30. The molecule has 11 heteroatoms. The number of carboxylic acid groups (broad SMARTS) is 1. The van der Waals surface area contributed by atoms with Crippen molar-refractivity contribution in [1.82, 2.24) is 16.0 Å². The van der Waals surface area contributed by atoms with Gasteiger partial charge in [0.15, 0.2) is 0 Å². The number of amides is 3. The lowest BCUT2D eigenvalue weighted by atomic mass is 9.85. The standard InChI is InChI=1S/C23H23Cl2N3O6/c24-16-9-13(11-26-19(29)7-6-15-5-2-8-34-15)10-17(25)20(16)22(31)28-18(23(32)33)12-27-21(30)14-3-1-4-14/h2,5-10,14,18H,1,3-4,11-12H2,(H,26,29)(H,27,30)(H,28,31)(H,32,33)/b7-6+. The van der Waals surface area contributed by atoms with Gasteiger partial charge < -0.3 is 25.5 Å². The van der Waals surface area contributed by atoms with Gasteiger partial charge in [-0.1, -0.05) is 29.6 Å². The highest BCUT2D eigenvalue weighted by atomic mass is 35.5. The first-order valence-electron chi connectivity index (χ1n) is 10.5. The highest BCUT2D eigenvalue weighted by Crippen LogP contribution is 2.27. The molecule has 3 amide bonds. The molecule has 1 aliphatic rings. The summed E-state index contributed by atoms with van der Waals surface area (Å²) in [6.07, 6.45) is 6.82. The van der Waals surface area contributed by atoms with Crippen molar-refractivity contribution in [2.24, 2.45) is 5.92 Å². The van der Waals surface area contributed by atoms with Gasteiger partial charge in [0.05, 0.1) is 21.9 Å². The molecule has 0 saturated heterocycles. The average molecular weight is 508 g/mol. The zero-order valence-corrected chi connectivity index (χ0v) is 19.5. The number of benzene rings is 1. The topological polar surface area (TPSA) is 138 Å². The normalized spacial score (nSPS) is 14.3. The number of carbonyl (C=O) groups excluding carboxylic acids is 3. The van der Waals surface area contributed by atoms with E-state index in [1.54, 1.807) is 12.1 Å². The summed E-state index contributed by atoms with van der Waals surface area (Å²) in [4.78, 5) is 48.2. The van der Waals surface area contributed by atoms with E-state index in [2.05, 4.69) is 16.0 Å². The summed E-state index contributed by atoms with van der Waals surface area (Å²) in [5.41, 5.74) is 0.432. The third kappa shape index (κ3) is 6.85. The molecule has 34 heavy (non-hydrogen) atoms. The van der Waals surface area contributed by atoms with Crippen LogP contribution in [0.5, 0.6) is 0 Å². The van der Waals surface area contributed by atoms with Crippen molar-refractivity contribution in [3.63, 3.8) is 0 Å². The molecule has 0 aliphatic heterocycles. The SMILES string of the molecule is O=C(/C=C/c1ccco1)NCc1cc(Cl)c(C(=O)NC(CNC(=O)C2CCC2)C(=O)O)c(Cl)c1. The highest BCUT2D eigenvalue weighted by Gasteiger charge is 2.28. The van der Waals surface area contributed by atoms with Crippen molar-refractivity contribution >= 4 is 53.0 Å². The predicted octanol–water partition coefficient (Wildman–Crippen LogP) is 3.02. The number of nitrogens with one attached hydrogen (secondary N) is 3. The molecular formula is C23H23Cl2N3O6. The van der Waals surface area contributed by atoms with E-state index in [1.165, 1.54) is 30.5 Å². The van der Waals surface area contributed by atoms with E-state index in [1.807, 2.05) is 0 Å². The summed E-state index contributed by atoms with van der Waals surface area (Å²) in [6, 6.07) is 4.94. The maximum Gasteiger partial charge on any atom is 0.328 e. The molecule has 1 unspecified atom stereocenters.